The third-order valence-electron chi connectivity index (χ3n) is 3.25. The Kier molecular flexibility index (Phi) is 2.86. The van der Waals surface area contributed by atoms with E-state index in [0.717, 1.165) is 47.4 Å². The molecular weight excluding hydrogens is 202 g/mol. The zero-order valence-electron chi connectivity index (χ0n) is 10.0. The lowest BCUT2D eigenvalue weighted by Gasteiger charge is -2.15. The van der Waals surface area contributed by atoms with E-state index in [1.54, 1.807) is 7.11 Å². The molecule has 0 radical (unpaired) electrons. The van der Waals surface area contributed by atoms with E-state index in [4.69, 9.17) is 4.74 Å². The first-order chi connectivity index (χ1) is 7.65. The molecule has 3 nitrogen and oxygen atoms in total. The highest BCUT2D eigenvalue weighted by molar-refractivity contribution is 5.98. The number of methoxy groups -OCH3 is 1. The van der Waals surface area contributed by atoms with Gasteiger partial charge in [0.2, 0.25) is 0 Å². The predicted molar refractivity (Wildman–Crippen MR) is 63.1 cm³/mol. The van der Waals surface area contributed by atoms with Crippen molar-refractivity contribution in [2.75, 3.05) is 13.7 Å². The standard InChI is InChI=1S/C13H17NO2/c1-8-7-11(16-3)10-5-4-6-14-13(15)12(10)9(8)2/h7H,4-6H2,1-3H3,(H,14,15). The van der Waals surface area contributed by atoms with Crippen molar-refractivity contribution >= 4 is 5.91 Å². The summed E-state index contributed by atoms with van der Waals surface area (Å²) >= 11 is 0. The number of ether oxygens (including phenoxy) is 1. The maximum absolute atomic E-state index is 12.0. The van der Waals surface area contributed by atoms with Crippen LogP contribution in [0, 0.1) is 13.8 Å². The number of aryl methyl sites for hydroxylation is 1. The summed E-state index contributed by atoms with van der Waals surface area (Å²) in [5.74, 6) is 0.877. The van der Waals surface area contributed by atoms with E-state index < -0.39 is 0 Å². The number of hydrogen-bond acceptors (Lipinski definition) is 2. The van der Waals surface area contributed by atoms with Crippen molar-refractivity contribution < 1.29 is 9.53 Å². The molecule has 2 rings (SSSR count). The van der Waals surface area contributed by atoms with Crippen LogP contribution in [0.2, 0.25) is 0 Å². The fourth-order valence-electron chi connectivity index (χ4n) is 2.23. The van der Waals surface area contributed by atoms with Crippen LogP contribution in [-0.4, -0.2) is 19.6 Å². The summed E-state index contributed by atoms with van der Waals surface area (Å²) < 4.78 is 5.37. The largest absolute Gasteiger partial charge is 0.496 e. The average Bonchev–Trinajstić information content (AvgIpc) is 2.46. The van der Waals surface area contributed by atoms with Crippen molar-refractivity contribution in [3.05, 3.63) is 28.3 Å². The second-order valence-corrected chi connectivity index (χ2v) is 4.23. The molecule has 86 valence electrons. The average molecular weight is 219 g/mol. The maximum atomic E-state index is 12.0. The van der Waals surface area contributed by atoms with Crippen LogP contribution < -0.4 is 10.1 Å². The first-order valence-corrected chi connectivity index (χ1v) is 5.60. The predicted octanol–water partition coefficient (Wildman–Crippen LogP) is 1.99. The highest BCUT2D eigenvalue weighted by Crippen LogP contribution is 2.30. The molecule has 0 saturated heterocycles. The summed E-state index contributed by atoms with van der Waals surface area (Å²) in [5.41, 5.74) is 4.04. The smallest absolute Gasteiger partial charge is 0.251 e. The minimum atomic E-state index is 0.0343. The Labute approximate surface area is 95.8 Å². The second-order valence-electron chi connectivity index (χ2n) is 4.23. The van der Waals surface area contributed by atoms with Gasteiger partial charge in [0.25, 0.3) is 5.91 Å². The van der Waals surface area contributed by atoms with Gasteiger partial charge in [0.1, 0.15) is 5.75 Å². The molecule has 0 saturated carbocycles. The molecule has 0 aliphatic carbocycles. The number of amides is 1. The van der Waals surface area contributed by atoms with Crippen LogP contribution in [0.3, 0.4) is 0 Å². The van der Waals surface area contributed by atoms with Gasteiger partial charge >= 0.3 is 0 Å². The summed E-state index contributed by atoms with van der Waals surface area (Å²) in [4.78, 5) is 12.0. The van der Waals surface area contributed by atoms with Gasteiger partial charge in [-0.25, -0.2) is 0 Å². The monoisotopic (exact) mass is 219 g/mol. The molecule has 3 heteroatoms. The van der Waals surface area contributed by atoms with E-state index in [2.05, 4.69) is 5.32 Å². The number of hydrogen-bond donors (Lipinski definition) is 1. The Hall–Kier alpha value is -1.51. The van der Waals surface area contributed by atoms with Crippen molar-refractivity contribution in [1.82, 2.24) is 5.32 Å². The second kappa shape index (κ2) is 4.16. The summed E-state index contributed by atoms with van der Waals surface area (Å²) in [6.45, 7) is 4.75. The van der Waals surface area contributed by atoms with E-state index >= 15 is 0 Å². The van der Waals surface area contributed by atoms with Crippen molar-refractivity contribution in [3.63, 3.8) is 0 Å². The van der Waals surface area contributed by atoms with Crippen molar-refractivity contribution in [3.8, 4) is 5.75 Å². The van der Waals surface area contributed by atoms with Gasteiger partial charge in [0.15, 0.2) is 0 Å². The van der Waals surface area contributed by atoms with E-state index in [0.29, 0.717) is 0 Å². The zero-order valence-corrected chi connectivity index (χ0v) is 10.0. The number of benzene rings is 1. The third kappa shape index (κ3) is 1.66. The Bertz CT molecular complexity index is 438. The first-order valence-electron chi connectivity index (χ1n) is 5.60. The molecule has 1 aromatic carbocycles. The van der Waals surface area contributed by atoms with E-state index in [-0.39, 0.29) is 5.91 Å². The Morgan fingerprint density at radius 3 is 2.81 bits per heavy atom. The molecule has 1 amide bonds. The summed E-state index contributed by atoms with van der Waals surface area (Å²) in [6.07, 6.45) is 1.87. The number of rotatable bonds is 1. The maximum Gasteiger partial charge on any atom is 0.251 e. The molecule has 1 N–H and O–H groups in total. The van der Waals surface area contributed by atoms with Gasteiger partial charge in [-0.15, -0.1) is 0 Å². The summed E-state index contributed by atoms with van der Waals surface area (Å²) in [5, 5.41) is 2.93. The number of fused-ring (bicyclic) bond motifs is 1. The SMILES string of the molecule is COc1cc(C)c(C)c2c1CCCNC2=O. The Morgan fingerprint density at radius 1 is 1.38 bits per heavy atom. The lowest BCUT2D eigenvalue weighted by molar-refractivity contribution is 0.0955. The fourth-order valence-corrected chi connectivity index (χ4v) is 2.23. The van der Waals surface area contributed by atoms with Gasteiger partial charge in [-0.3, -0.25) is 4.79 Å². The molecule has 0 fully saturated rings. The van der Waals surface area contributed by atoms with Crippen LogP contribution in [0.15, 0.2) is 6.07 Å². The fraction of sp³-hybridized carbons (Fsp3) is 0.462. The Morgan fingerprint density at radius 2 is 2.12 bits per heavy atom. The highest BCUT2D eigenvalue weighted by atomic mass is 16.5. The number of nitrogens with one attached hydrogen (secondary N) is 1. The topological polar surface area (TPSA) is 38.3 Å². The van der Waals surface area contributed by atoms with Gasteiger partial charge < -0.3 is 10.1 Å². The minimum absolute atomic E-state index is 0.0343. The molecule has 1 heterocycles. The normalized spacial score (nSPS) is 15.1. The molecule has 1 aromatic rings. The van der Waals surface area contributed by atoms with E-state index in [9.17, 15) is 4.79 Å². The minimum Gasteiger partial charge on any atom is -0.496 e. The molecule has 0 atom stereocenters. The first kappa shape index (κ1) is 11.0. The Balaban J connectivity index is 2.68. The van der Waals surface area contributed by atoms with Crippen LogP contribution >= 0.6 is 0 Å². The van der Waals surface area contributed by atoms with Gasteiger partial charge in [-0.2, -0.15) is 0 Å². The lowest BCUT2D eigenvalue weighted by Crippen LogP contribution is -2.23. The lowest BCUT2D eigenvalue weighted by atomic mass is 9.94. The van der Waals surface area contributed by atoms with Crippen molar-refractivity contribution in [2.45, 2.75) is 26.7 Å². The molecule has 0 unspecified atom stereocenters. The molecule has 1 aliphatic heterocycles. The molecule has 1 aliphatic rings. The van der Waals surface area contributed by atoms with Crippen LogP contribution in [0.25, 0.3) is 0 Å². The van der Waals surface area contributed by atoms with Gasteiger partial charge in [-0.1, -0.05) is 0 Å². The van der Waals surface area contributed by atoms with Crippen molar-refractivity contribution in [1.29, 1.82) is 0 Å². The number of carbonyl (C=O) groups excluding carboxylic acids is 1. The summed E-state index contributed by atoms with van der Waals surface area (Å²) in [6, 6.07) is 2.02. The summed E-state index contributed by atoms with van der Waals surface area (Å²) in [7, 11) is 1.66. The zero-order chi connectivity index (χ0) is 11.7. The van der Waals surface area contributed by atoms with Gasteiger partial charge in [0.05, 0.1) is 7.11 Å². The molecule has 0 bridgehead atoms. The van der Waals surface area contributed by atoms with Gasteiger partial charge in [0, 0.05) is 17.7 Å². The van der Waals surface area contributed by atoms with E-state index in [1.165, 1.54) is 0 Å². The van der Waals surface area contributed by atoms with Crippen molar-refractivity contribution in [2.24, 2.45) is 0 Å². The van der Waals surface area contributed by atoms with Gasteiger partial charge in [-0.05, 0) is 43.9 Å². The number of carbonyl (C=O) groups is 1. The van der Waals surface area contributed by atoms with Crippen LogP contribution in [0.4, 0.5) is 0 Å². The van der Waals surface area contributed by atoms with Crippen LogP contribution in [-0.2, 0) is 6.42 Å². The molecule has 0 aromatic heterocycles. The molecule has 0 spiro atoms. The van der Waals surface area contributed by atoms with Crippen LogP contribution in [0.5, 0.6) is 5.75 Å². The molecule has 16 heavy (non-hydrogen) atoms. The molecular formula is C13H17NO2. The van der Waals surface area contributed by atoms with E-state index in [1.807, 2.05) is 19.9 Å². The van der Waals surface area contributed by atoms with Crippen LogP contribution in [0.1, 0.15) is 33.5 Å². The third-order valence-corrected chi connectivity index (χ3v) is 3.25. The highest BCUT2D eigenvalue weighted by Gasteiger charge is 2.22. The quantitative estimate of drug-likeness (QED) is 0.784.